The van der Waals surface area contributed by atoms with Crippen LogP contribution in [0.5, 0.6) is 5.88 Å². The maximum Gasteiger partial charge on any atom is 0.279 e. The number of sulfonamides is 1. The van der Waals surface area contributed by atoms with Crippen LogP contribution in [0.4, 0.5) is 0 Å². The lowest BCUT2D eigenvalue weighted by Crippen LogP contribution is -2.48. The Hall–Kier alpha value is -2.83. The minimum atomic E-state index is -3.75. The van der Waals surface area contributed by atoms with Crippen molar-refractivity contribution in [3.63, 3.8) is 0 Å². The third kappa shape index (κ3) is 3.81. The topological polar surface area (TPSA) is 126 Å². The Kier molecular flexibility index (Phi) is 5.67. The molecule has 0 amide bonds. The van der Waals surface area contributed by atoms with Crippen LogP contribution in [0.2, 0.25) is 0 Å². The number of rotatable bonds is 6. The summed E-state index contributed by atoms with van der Waals surface area (Å²) in [5.74, 6) is 0.442. The van der Waals surface area contributed by atoms with Gasteiger partial charge in [-0.1, -0.05) is 6.92 Å². The zero-order valence-electron chi connectivity index (χ0n) is 18.7. The predicted molar refractivity (Wildman–Crippen MR) is 122 cm³/mol. The summed E-state index contributed by atoms with van der Waals surface area (Å²) in [5, 5.41) is 4.37. The zero-order valence-corrected chi connectivity index (χ0v) is 19.6. The van der Waals surface area contributed by atoms with Crippen LogP contribution in [0.3, 0.4) is 0 Å². The number of hydrogen-bond acceptors (Lipinski definition) is 8. The molecule has 0 atom stereocenters. The number of ether oxygens (including phenoxy) is 1. The number of aryl methyl sites for hydroxylation is 2. The van der Waals surface area contributed by atoms with E-state index in [9.17, 15) is 13.2 Å². The molecular formula is C21H27N7O4S. The van der Waals surface area contributed by atoms with E-state index in [4.69, 9.17) is 4.74 Å². The van der Waals surface area contributed by atoms with E-state index >= 15 is 0 Å². The van der Waals surface area contributed by atoms with Crippen LogP contribution < -0.4 is 10.3 Å². The van der Waals surface area contributed by atoms with Crippen LogP contribution in [0.1, 0.15) is 26.0 Å². The number of aromatic nitrogens is 5. The largest absolute Gasteiger partial charge is 0.477 e. The summed E-state index contributed by atoms with van der Waals surface area (Å²) in [6.07, 6.45) is 3.05. The number of aromatic amines is 1. The molecule has 11 nitrogen and oxygen atoms in total. The van der Waals surface area contributed by atoms with Crippen molar-refractivity contribution in [2.75, 3.05) is 39.3 Å². The predicted octanol–water partition coefficient (Wildman–Crippen LogP) is 0.853. The van der Waals surface area contributed by atoms with E-state index < -0.39 is 10.0 Å². The van der Waals surface area contributed by atoms with E-state index in [1.807, 2.05) is 11.6 Å². The number of fused-ring (bicyclic) bond motifs is 3. The molecule has 0 aliphatic carbocycles. The van der Waals surface area contributed by atoms with Gasteiger partial charge in [0.1, 0.15) is 16.2 Å². The molecule has 0 spiro atoms. The first-order valence-corrected chi connectivity index (χ1v) is 12.7. The minimum Gasteiger partial charge on any atom is -0.477 e. The van der Waals surface area contributed by atoms with Gasteiger partial charge in [0.15, 0.2) is 5.52 Å². The van der Waals surface area contributed by atoms with Gasteiger partial charge in [-0.05, 0) is 32.4 Å². The van der Waals surface area contributed by atoms with Crippen molar-refractivity contribution in [1.82, 2.24) is 33.9 Å². The summed E-state index contributed by atoms with van der Waals surface area (Å²) in [7, 11) is -3.75. The van der Waals surface area contributed by atoms with Crippen molar-refractivity contribution >= 4 is 21.1 Å². The first-order valence-electron chi connectivity index (χ1n) is 11.3. The second-order valence-corrected chi connectivity index (χ2v) is 10.1. The molecule has 1 N–H and O–H groups in total. The number of piperazine rings is 1. The van der Waals surface area contributed by atoms with Gasteiger partial charge in [0.25, 0.3) is 5.56 Å². The maximum atomic E-state index is 13.3. The second-order valence-electron chi connectivity index (χ2n) is 8.18. The van der Waals surface area contributed by atoms with Gasteiger partial charge in [-0.2, -0.15) is 9.40 Å². The van der Waals surface area contributed by atoms with Crippen LogP contribution in [-0.4, -0.2) is 81.7 Å². The average Bonchev–Trinajstić information content (AvgIpc) is 3.42. The highest BCUT2D eigenvalue weighted by molar-refractivity contribution is 7.89. The molecule has 12 heteroatoms. The van der Waals surface area contributed by atoms with Gasteiger partial charge in [-0.25, -0.2) is 18.4 Å². The number of H-pyrrole nitrogens is 1. The number of nitrogens with one attached hydrogen (secondary N) is 1. The van der Waals surface area contributed by atoms with Crippen LogP contribution in [0, 0.1) is 0 Å². The summed E-state index contributed by atoms with van der Waals surface area (Å²) < 4.78 is 35.6. The smallest absolute Gasteiger partial charge is 0.279 e. The molecule has 0 aromatic carbocycles. The summed E-state index contributed by atoms with van der Waals surface area (Å²) in [6.45, 7) is 8.07. The lowest BCUT2D eigenvalue weighted by molar-refractivity contribution is 0.196. The van der Waals surface area contributed by atoms with E-state index in [0.29, 0.717) is 43.9 Å². The van der Waals surface area contributed by atoms with Gasteiger partial charge in [0.2, 0.25) is 15.9 Å². The molecule has 1 fully saturated rings. The number of likely N-dealkylation sites (N-methyl/N-ethyl adjacent to an activating group) is 1. The summed E-state index contributed by atoms with van der Waals surface area (Å²) in [4.78, 5) is 26.7. The molecule has 1 saturated heterocycles. The van der Waals surface area contributed by atoms with E-state index in [1.54, 1.807) is 0 Å². The third-order valence-electron chi connectivity index (χ3n) is 6.26. The summed E-state index contributed by atoms with van der Waals surface area (Å²) in [6, 6.07) is 1.49. The molecular weight excluding hydrogens is 446 g/mol. The monoisotopic (exact) mass is 473 g/mol. The molecule has 0 bridgehead atoms. The van der Waals surface area contributed by atoms with Gasteiger partial charge < -0.3 is 14.6 Å². The van der Waals surface area contributed by atoms with Crippen LogP contribution in [0.25, 0.3) is 22.4 Å². The van der Waals surface area contributed by atoms with Gasteiger partial charge in [-0.3, -0.25) is 9.48 Å². The van der Waals surface area contributed by atoms with Crippen LogP contribution >= 0.6 is 0 Å². The highest BCUT2D eigenvalue weighted by Gasteiger charge is 2.30. The van der Waals surface area contributed by atoms with E-state index in [-0.39, 0.29) is 27.7 Å². The quantitative estimate of drug-likeness (QED) is 0.558. The van der Waals surface area contributed by atoms with Gasteiger partial charge >= 0.3 is 0 Å². The first-order chi connectivity index (χ1) is 15.9. The molecule has 2 aliphatic heterocycles. The Bertz CT molecular complexity index is 1360. The van der Waals surface area contributed by atoms with Crippen molar-refractivity contribution < 1.29 is 13.2 Å². The number of pyridine rings is 1. The Morgan fingerprint density at radius 3 is 2.64 bits per heavy atom. The van der Waals surface area contributed by atoms with Crippen molar-refractivity contribution in [3.05, 3.63) is 28.3 Å². The molecule has 33 heavy (non-hydrogen) atoms. The Morgan fingerprint density at radius 2 is 1.91 bits per heavy atom. The fourth-order valence-corrected chi connectivity index (χ4v) is 5.85. The maximum absolute atomic E-state index is 13.3. The Morgan fingerprint density at radius 1 is 1.12 bits per heavy atom. The van der Waals surface area contributed by atoms with Crippen molar-refractivity contribution in [3.8, 4) is 17.3 Å². The molecule has 5 heterocycles. The summed E-state index contributed by atoms with van der Waals surface area (Å²) >= 11 is 0. The second kappa shape index (κ2) is 8.50. The highest BCUT2D eigenvalue weighted by Crippen LogP contribution is 2.31. The lowest BCUT2D eigenvalue weighted by Gasteiger charge is -2.33. The average molecular weight is 474 g/mol. The molecule has 3 aromatic rings. The number of hydrogen-bond donors (Lipinski definition) is 1. The molecule has 2 aliphatic rings. The molecule has 176 valence electrons. The standard InChI is InChI=1S/C21H27N7O4S/c1-3-26-8-10-27(11-9-26)33(30,31)14-12-15(21(22-13-14)32-4-2)19-23-17-16-6-5-7-28(16)25-18(17)20(29)24-19/h12-13H,3-11H2,1-2H3,(H,23,24,29). The highest BCUT2D eigenvalue weighted by atomic mass is 32.2. The van der Waals surface area contributed by atoms with E-state index in [0.717, 1.165) is 31.6 Å². The van der Waals surface area contributed by atoms with Crippen molar-refractivity contribution in [2.45, 2.75) is 38.1 Å². The first kappa shape index (κ1) is 22.0. The zero-order chi connectivity index (χ0) is 23.2. The van der Waals surface area contributed by atoms with Gasteiger partial charge in [-0.15, -0.1) is 0 Å². The third-order valence-corrected chi connectivity index (χ3v) is 8.13. The fraction of sp³-hybridized carbons (Fsp3) is 0.524. The van der Waals surface area contributed by atoms with Crippen LogP contribution in [0.15, 0.2) is 22.0 Å². The molecule has 0 saturated carbocycles. The minimum absolute atomic E-state index is 0.0499. The van der Waals surface area contributed by atoms with Crippen molar-refractivity contribution in [2.24, 2.45) is 0 Å². The van der Waals surface area contributed by atoms with E-state index in [1.165, 1.54) is 16.6 Å². The molecule has 0 unspecified atom stereocenters. The van der Waals surface area contributed by atoms with E-state index in [2.05, 4.69) is 31.9 Å². The van der Waals surface area contributed by atoms with Crippen LogP contribution in [-0.2, 0) is 23.0 Å². The summed E-state index contributed by atoms with van der Waals surface area (Å²) in [5.41, 5.74) is 1.71. The number of nitrogens with zero attached hydrogens (tertiary/aromatic N) is 6. The molecule has 3 aromatic heterocycles. The Labute approximate surface area is 191 Å². The lowest BCUT2D eigenvalue weighted by atomic mass is 10.2. The normalized spacial score (nSPS) is 17.5. The molecule has 0 radical (unpaired) electrons. The fourth-order valence-electron chi connectivity index (χ4n) is 4.45. The van der Waals surface area contributed by atoms with Crippen molar-refractivity contribution in [1.29, 1.82) is 0 Å². The van der Waals surface area contributed by atoms with Gasteiger partial charge in [0.05, 0.1) is 24.1 Å². The molecule has 5 rings (SSSR count). The van der Waals surface area contributed by atoms with Gasteiger partial charge in [0, 0.05) is 32.7 Å². The SMILES string of the molecule is CCOc1ncc(S(=O)(=O)N2CCN(CC)CC2)cc1-c1nc2c3n(nc2c(=O)[nH]1)CCC3. The Balaban J connectivity index is 1.59.